The van der Waals surface area contributed by atoms with E-state index < -0.39 is 10.0 Å². The number of nitrogens with zero attached hydrogens (tertiary/aromatic N) is 3. The molecule has 0 radical (unpaired) electrons. The smallest absolute Gasteiger partial charge is 0.243 e. The van der Waals surface area contributed by atoms with Crippen molar-refractivity contribution in [3.8, 4) is 0 Å². The van der Waals surface area contributed by atoms with Crippen LogP contribution in [0.25, 0.3) is 11.0 Å². The molecule has 1 fully saturated rings. The van der Waals surface area contributed by atoms with E-state index >= 15 is 0 Å². The van der Waals surface area contributed by atoms with E-state index in [9.17, 15) is 13.2 Å². The fourth-order valence-electron chi connectivity index (χ4n) is 5.40. The molecule has 2 heterocycles. The zero-order valence-corrected chi connectivity index (χ0v) is 21.2. The van der Waals surface area contributed by atoms with Crippen LogP contribution in [0.5, 0.6) is 0 Å². The zero-order valence-electron chi connectivity index (χ0n) is 20.4. The molecule has 7 nitrogen and oxygen atoms in total. The summed E-state index contributed by atoms with van der Waals surface area (Å²) in [5.74, 6) is 0.805. The molecule has 0 spiro atoms. The summed E-state index contributed by atoms with van der Waals surface area (Å²) in [4.78, 5) is 17.9. The lowest BCUT2D eigenvalue weighted by Crippen LogP contribution is -2.27. The Morgan fingerprint density at radius 2 is 1.86 bits per heavy atom. The van der Waals surface area contributed by atoms with Crippen LogP contribution in [0.1, 0.15) is 62.4 Å². The third kappa shape index (κ3) is 4.86. The number of benzene rings is 2. The number of fused-ring (bicyclic) bond motifs is 2. The normalized spacial score (nSPS) is 16.5. The molecule has 35 heavy (non-hydrogen) atoms. The largest absolute Gasteiger partial charge is 0.328 e. The van der Waals surface area contributed by atoms with Crippen molar-refractivity contribution >= 4 is 32.7 Å². The topological polar surface area (TPSA) is 84.3 Å². The summed E-state index contributed by atoms with van der Waals surface area (Å²) < 4.78 is 29.7. The Balaban J connectivity index is 1.35. The number of hydrogen-bond donors (Lipinski definition) is 1. The summed E-state index contributed by atoms with van der Waals surface area (Å²) in [6, 6.07) is 11.4. The number of nitrogens with one attached hydrogen (secondary N) is 1. The maximum Gasteiger partial charge on any atom is 0.243 e. The van der Waals surface area contributed by atoms with Gasteiger partial charge in [0, 0.05) is 38.2 Å². The number of rotatable bonds is 8. The van der Waals surface area contributed by atoms with Gasteiger partial charge in [-0.15, -0.1) is 0 Å². The van der Waals surface area contributed by atoms with Gasteiger partial charge in [-0.1, -0.05) is 19.1 Å². The van der Waals surface area contributed by atoms with Gasteiger partial charge >= 0.3 is 0 Å². The number of sulfonamides is 1. The van der Waals surface area contributed by atoms with Gasteiger partial charge < -0.3 is 9.88 Å². The number of aryl methyl sites for hydroxylation is 3. The van der Waals surface area contributed by atoms with Crippen LogP contribution in [0, 0.1) is 0 Å². The average Bonchev–Trinajstić information content (AvgIpc) is 3.52. The minimum Gasteiger partial charge on any atom is -0.328 e. The Kier molecular flexibility index (Phi) is 6.93. The first-order valence-electron chi connectivity index (χ1n) is 12.9. The lowest BCUT2D eigenvalue weighted by atomic mass is 9.90. The van der Waals surface area contributed by atoms with E-state index in [-0.39, 0.29) is 5.91 Å². The summed E-state index contributed by atoms with van der Waals surface area (Å²) in [5.41, 5.74) is 5.15. The summed E-state index contributed by atoms with van der Waals surface area (Å²) in [5, 5.41) is 3.12. The average molecular weight is 495 g/mol. The van der Waals surface area contributed by atoms with Crippen LogP contribution in [0.3, 0.4) is 0 Å². The maximum atomic E-state index is 13.0. The molecule has 1 amide bonds. The number of aromatic nitrogens is 2. The molecule has 1 N–H and O–H groups in total. The Labute approximate surface area is 207 Å². The maximum absolute atomic E-state index is 13.0. The van der Waals surface area contributed by atoms with Gasteiger partial charge in [0.25, 0.3) is 0 Å². The molecule has 0 unspecified atom stereocenters. The van der Waals surface area contributed by atoms with Gasteiger partial charge in [0.1, 0.15) is 5.82 Å². The first-order valence-corrected chi connectivity index (χ1v) is 14.3. The number of hydrogen-bond acceptors (Lipinski definition) is 4. The molecule has 0 atom stereocenters. The van der Waals surface area contributed by atoms with E-state index in [4.69, 9.17) is 4.98 Å². The zero-order chi connectivity index (χ0) is 24.4. The van der Waals surface area contributed by atoms with Gasteiger partial charge in [0.05, 0.1) is 15.9 Å². The fraction of sp³-hybridized carbons (Fsp3) is 0.481. The molecule has 8 heteroatoms. The van der Waals surface area contributed by atoms with Crippen LogP contribution in [-0.2, 0) is 40.6 Å². The Morgan fingerprint density at radius 1 is 1.06 bits per heavy atom. The minimum atomic E-state index is -3.49. The fourth-order valence-corrected chi connectivity index (χ4v) is 6.94. The van der Waals surface area contributed by atoms with Gasteiger partial charge in [0.15, 0.2) is 0 Å². The van der Waals surface area contributed by atoms with Crippen LogP contribution in [0.4, 0.5) is 5.69 Å². The number of amides is 1. The predicted octanol–water partition coefficient (Wildman–Crippen LogP) is 4.68. The second-order valence-electron chi connectivity index (χ2n) is 9.64. The van der Waals surface area contributed by atoms with Crippen LogP contribution in [0.15, 0.2) is 41.3 Å². The SMILES string of the molecule is CCCn1c(CCC(=O)Nc2cccc3c2CCCC3)nc2cc(S(=O)(=O)N3CCCC3)ccc21. The third-order valence-electron chi connectivity index (χ3n) is 7.19. The Morgan fingerprint density at radius 3 is 2.66 bits per heavy atom. The van der Waals surface area contributed by atoms with Crippen molar-refractivity contribution in [3.63, 3.8) is 0 Å². The second kappa shape index (κ2) is 10.1. The van der Waals surface area contributed by atoms with Crippen LogP contribution in [0.2, 0.25) is 0 Å². The number of carbonyl (C=O) groups is 1. The number of carbonyl (C=O) groups excluding carboxylic acids is 1. The lowest BCUT2D eigenvalue weighted by Gasteiger charge is -2.19. The molecule has 1 aliphatic carbocycles. The highest BCUT2D eigenvalue weighted by atomic mass is 32.2. The molecule has 0 saturated carbocycles. The van der Waals surface area contributed by atoms with Crippen molar-refractivity contribution in [3.05, 3.63) is 53.3 Å². The molecule has 3 aromatic rings. The van der Waals surface area contributed by atoms with Crippen LogP contribution >= 0.6 is 0 Å². The molecule has 2 aromatic carbocycles. The molecule has 1 aliphatic heterocycles. The number of imidazole rings is 1. The second-order valence-corrected chi connectivity index (χ2v) is 11.6. The van der Waals surface area contributed by atoms with Crippen molar-refractivity contribution in [1.29, 1.82) is 0 Å². The third-order valence-corrected chi connectivity index (χ3v) is 9.09. The Hall–Kier alpha value is -2.71. The van der Waals surface area contributed by atoms with Crippen molar-refractivity contribution in [2.75, 3.05) is 18.4 Å². The molecule has 0 bridgehead atoms. The van der Waals surface area contributed by atoms with E-state index in [1.54, 1.807) is 16.4 Å². The molecule has 1 saturated heterocycles. The van der Waals surface area contributed by atoms with E-state index in [0.717, 1.165) is 62.1 Å². The van der Waals surface area contributed by atoms with Crippen molar-refractivity contribution in [2.24, 2.45) is 0 Å². The van der Waals surface area contributed by atoms with Gasteiger partial charge in [-0.25, -0.2) is 13.4 Å². The molecule has 5 rings (SSSR count). The molecular weight excluding hydrogens is 460 g/mol. The summed E-state index contributed by atoms with van der Waals surface area (Å²) in [6.45, 7) is 4.04. The van der Waals surface area contributed by atoms with Crippen molar-refractivity contribution in [1.82, 2.24) is 13.9 Å². The predicted molar refractivity (Wildman–Crippen MR) is 138 cm³/mol. The highest BCUT2D eigenvalue weighted by Gasteiger charge is 2.28. The van der Waals surface area contributed by atoms with Crippen LogP contribution < -0.4 is 5.32 Å². The summed E-state index contributed by atoms with van der Waals surface area (Å²) >= 11 is 0. The summed E-state index contributed by atoms with van der Waals surface area (Å²) in [6.07, 6.45) is 8.04. The highest BCUT2D eigenvalue weighted by molar-refractivity contribution is 7.89. The van der Waals surface area contributed by atoms with Gasteiger partial charge in [-0.05, 0) is 80.3 Å². The standard InChI is InChI=1S/C27H34N4O3S/c1-2-16-31-25-13-12-21(35(33,34)30-17-5-6-18-30)19-24(25)28-26(31)14-15-27(32)29-23-11-7-9-20-8-3-4-10-22(20)23/h7,9,11-13,19H,2-6,8,10,14-18H2,1H3,(H,29,32). The Bertz CT molecular complexity index is 1340. The van der Waals surface area contributed by atoms with Crippen molar-refractivity contribution < 1.29 is 13.2 Å². The molecule has 2 aliphatic rings. The van der Waals surface area contributed by atoms with Gasteiger partial charge in [-0.3, -0.25) is 4.79 Å². The van der Waals surface area contributed by atoms with E-state index in [1.165, 1.54) is 17.5 Å². The van der Waals surface area contributed by atoms with Crippen molar-refractivity contribution in [2.45, 2.75) is 76.2 Å². The molecule has 186 valence electrons. The first-order chi connectivity index (χ1) is 17.0. The summed E-state index contributed by atoms with van der Waals surface area (Å²) in [7, 11) is -3.49. The van der Waals surface area contributed by atoms with E-state index in [2.05, 4.69) is 22.9 Å². The number of anilines is 1. The monoisotopic (exact) mass is 494 g/mol. The van der Waals surface area contributed by atoms with Gasteiger partial charge in [-0.2, -0.15) is 4.31 Å². The van der Waals surface area contributed by atoms with Crippen LogP contribution in [-0.4, -0.2) is 41.3 Å². The lowest BCUT2D eigenvalue weighted by molar-refractivity contribution is -0.116. The quantitative estimate of drug-likeness (QED) is 0.493. The first kappa shape index (κ1) is 24.0. The van der Waals surface area contributed by atoms with E-state index in [1.807, 2.05) is 18.2 Å². The van der Waals surface area contributed by atoms with Gasteiger partial charge in [0.2, 0.25) is 15.9 Å². The highest BCUT2D eigenvalue weighted by Crippen LogP contribution is 2.29. The van der Waals surface area contributed by atoms with E-state index in [0.29, 0.717) is 36.3 Å². The molecule has 1 aromatic heterocycles. The minimum absolute atomic E-state index is 0.0172. The molecular formula is C27H34N4O3S.